The highest BCUT2D eigenvalue weighted by molar-refractivity contribution is 14.0. The van der Waals surface area contributed by atoms with E-state index in [1.165, 1.54) is 0 Å². The Labute approximate surface area is 167 Å². The predicted molar refractivity (Wildman–Crippen MR) is 114 cm³/mol. The van der Waals surface area contributed by atoms with Crippen LogP contribution < -0.4 is 10.1 Å². The van der Waals surface area contributed by atoms with Gasteiger partial charge in [-0.25, -0.2) is 9.98 Å². The first-order valence-corrected chi connectivity index (χ1v) is 9.27. The summed E-state index contributed by atoms with van der Waals surface area (Å²) >= 11 is 2.03. The lowest BCUT2D eigenvalue weighted by molar-refractivity contribution is 0.326. The molecule has 136 valence electrons. The SMILES string of the molecule is CCNC(=NCc1ccnc(OCC)c1)N1CCSC(C)(C)C1.I. The number of rotatable bonds is 5. The molecule has 0 aromatic carbocycles. The zero-order valence-corrected chi connectivity index (χ0v) is 18.2. The van der Waals surface area contributed by atoms with E-state index in [0.29, 0.717) is 19.0 Å². The number of nitrogens with one attached hydrogen (secondary N) is 1. The largest absolute Gasteiger partial charge is 0.478 e. The van der Waals surface area contributed by atoms with Crippen molar-refractivity contribution in [3.05, 3.63) is 23.9 Å². The fourth-order valence-corrected chi connectivity index (χ4v) is 3.68. The second-order valence-electron chi connectivity index (χ2n) is 6.14. The number of nitrogens with zero attached hydrogens (tertiary/aromatic N) is 3. The second-order valence-corrected chi connectivity index (χ2v) is 7.94. The molecule has 0 atom stereocenters. The molecule has 1 aromatic heterocycles. The monoisotopic (exact) mass is 464 g/mol. The topological polar surface area (TPSA) is 49.8 Å². The van der Waals surface area contributed by atoms with Gasteiger partial charge in [-0.15, -0.1) is 24.0 Å². The molecule has 0 aliphatic carbocycles. The zero-order chi connectivity index (χ0) is 16.7. The normalized spacial score (nSPS) is 17.2. The number of aliphatic imine (C=N–C) groups is 1. The van der Waals surface area contributed by atoms with Crippen LogP contribution in [0.2, 0.25) is 0 Å². The molecule has 0 radical (unpaired) electrons. The maximum absolute atomic E-state index is 5.46. The van der Waals surface area contributed by atoms with Crippen LogP contribution in [0.25, 0.3) is 0 Å². The maximum Gasteiger partial charge on any atom is 0.213 e. The van der Waals surface area contributed by atoms with Crippen LogP contribution in [0.5, 0.6) is 5.88 Å². The van der Waals surface area contributed by atoms with Crippen molar-refractivity contribution in [1.82, 2.24) is 15.2 Å². The van der Waals surface area contributed by atoms with E-state index < -0.39 is 0 Å². The van der Waals surface area contributed by atoms with Gasteiger partial charge in [-0.05, 0) is 39.3 Å². The van der Waals surface area contributed by atoms with Gasteiger partial charge in [0.1, 0.15) is 0 Å². The molecule has 1 aliphatic heterocycles. The van der Waals surface area contributed by atoms with Crippen LogP contribution >= 0.6 is 35.7 Å². The highest BCUT2D eigenvalue weighted by Crippen LogP contribution is 2.29. The third-order valence-electron chi connectivity index (χ3n) is 3.56. The molecule has 1 fully saturated rings. The fraction of sp³-hybridized carbons (Fsp3) is 0.647. The van der Waals surface area contributed by atoms with Gasteiger partial charge in [0.2, 0.25) is 5.88 Å². The minimum absolute atomic E-state index is 0. The molecule has 1 aromatic rings. The minimum atomic E-state index is 0. The van der Waals surface area contributed by atoms with E-state index in [9.17, 15) is 0 Å². The molecule has 1 N–H and O–H groups in total. The number of hydrogen-bond donors (Lipinski definition) is 1. The lowest BCUT2D eigenvalue weighted by Gasteiger charge is -2.39. The van der Waals surface area contributed by atoms with E-state index >= 15 is 0 Å². The van der Waals surface area contributed by atoms with Crippen molar-refractivity contribution in [1.29, 1.82) is 0 Å². The summed E-state index contributed by atoms with van der Waals surface area (Å²) in [5, 5.41) is 3.42. The number of aromatic nitrogens is 1. The number of guanidine groups is 1. The number of hydrogen-bond acceptors (Lipinski definition) is 4. The van der Waals surface area contributed by atoms with Crippen molar-refractivity contribution >= 4 is 41.7 Å². The Hall–Kier alpha value is -0.700. The summed E-state index contributed by atoms with van der Waals surface area (Å²) < 4.78 is 5.73. The van der Waals surface area contributed by atoms with Gasteiger partial charge in [0, 0.05) is 42.4 Å². The first kappa shape index (κ1) is 21.3. The Balaban J connectivity index is 0.00000288. The van der Waals surface area contributed by atoms with Crippen molar-refractivity contribution in [2.75, 3.05) is 32.0 Å². The lowest BCUT2D eigenvalue weighted by Crippen LogP contribution is -2.50. The van der Waals surface area contributed by atoms with Crippen LogP contribution in [0.3, 0.4) is 0 Å². The summed E-state index contributed by atoms with van der Waals surface area (Å²) in [6, 6.07) is 3.96. The molecule has 1 aliphatic rings. The van der Waals surface area contributed by atoms with Gasteiger partial charge in [-0.3, -0.25) is 0 Å². The highest BCUT2D eigenvalue weighted by atomic mass is 127. The van der Waals surface area contributed by atoms with Gasteiger partial charge >= 0.3 is 0 Å². The Morgan fingerprint density at radius 2 is 2.25 bits per heavy atom. The molecule has 5 nitrogen and oxygen atoms in total. The average molecular weight is 464 g/mol. The molecule has 0 bridgehead atoms. The smallest absolute Gasteiger partial charge is 0.213 e. The van der Waals surface area contributed by atoms with Crippen LogP contribution in [-0.2, 0) is 6.54 Å². The molecule has 0 saturated carbocycles. The zero-order valence-electron chi connectivity index (χ0n) is 15.0. The molecule has 2 rings (SSSR count). The van der Waals surface area contributed by atoms with Gasteiger partial charge in [-0.2, -0.15) is 11.8 Å². The summed E-state index contributed by atoms with van der Waals surface area (Å²) in [5.41, 5.74) is 1.12. The van der Waals surface area contributed by atoms with Crippen molar-refractivity contribution in [2.45, 2.75) is 39.0 Å². The van der Waals surface area contributed by atoms with Gasteiger partial charge in [0.15, 0.2) is 5.96 Å². The molecule has 0 unspecified atom stereocenters. The number of halogens is 1. The van der Waals surface area contributed by atoms with E-state index in [1.54, 1.807) is 6.20 Å². The van der Waals surface area contributed by atoms with Gasteiger partial charge in [0.05, 0.1) is 13.2 Å². The van der Waals surface area contributed by atoms with E-state index in [1.807, 2.05) is 30.8 Å². The van der Waals surface area contributed by atoms with Crippen LogP contribution in [0, 0.1) is 0 Å². The van der Waals surface area contributed by atoms with Crippen molar-refractivity contribution in [3.8, 4) is 5.88 Å². The molecule has 0 amide bonds. The van der Waals surface area contributed by atoms with Gasteiger partial charge in [-0.1, -0.05) is 0 Å². The van der Waals surface area contributed by atoms with E-state index in [4.69, 9.17) is 9.73 Å². The van der Waals surface area contributed by atoms with Gasteiger partial charge < -0.3 is 15.0 Å². The van der Waals surface area contributed by atoms with Crippen LogP contribution in [-0.4, -0.2) is 52.6 Å². The first-order chi connectivity index (χ1) is 11.0. The molecular formula is C17H29IN4OS. The van der Waals surface area contributed by atoms with Crippen molar-refractivity contribution < 1.29 is 4.74 Å². The number of ether oxygens (including phenoxy) is 1. The summed E-state index contributed by atoms with van der Waals surface area (Å²) in [6.45, 7) is 12.9. The summed E-state index contributed by atoms with van der Waals surface area (Å²) in [4.78, 5) is 11.4. The Morgan fingerprint density at radius 1 is 1.46 bits per heavy atom. The second kappa shape index (κ2) is 10.3. The van der Waals surface area contributed by atoms with Gasteiger partial charge in [0.25, 0.3) is 0 Å². The quantitative estimate of drug-likeness (QED) is 0.412. The lowest BCUT2D eigenvalue weighted by atomic mass is 10.2. The standard InChI is InChI=1S/C17H28N4OS.HI/c1-5-18-16(21-9-10-23-17(3,4)13-21)20-12-14-7-8-19-15(11-14)22-6-2;/h7-8,11H,5-6,9-10,12-13H2,1-4H3,(H,18,20);1H. The molecule has 24 heavy (non-hydrogen) atoms. The fourth-order valence-electron chi connectivity index (χ4n) is 2.56. The van der Waals surface area contributed by atoms with Crippen molar-refractivity contribution in [3.63, 3.8) is 0 Å². The third kappa shape index (κ3) is 6.66. The Bertz CT molecular complexity index is 539. The van der Waals surface area contributed by atoms with E-state index in [0.717, 1.165) is 36.9 Å². The van der Waals surface area contributed by atoms with Crippen molar-refractivity contribution in [2.24, 2.45) is 4.99 Å². The van der Waals surface area contributed by atoms with E-state index in [-0.39, 0.29) is 28.7 Å². The molecule has 7 heteroatoms. The van der Waals surface area contributed by atoms with Crippen LogP contribution in [0.4, 0.5) is 0 Å². The average Bonchev–Trinajstić information content (AvgIpc) is 2.51. The Kier molecular flexibility index (Phi) is 9.18. The number of pyridine rings is 1. The summed E-state index contributed by atoms with van der Waals surface area (Å²) in [7, 11) is 0. The predicted octanol–water partition coefficient (Wildman–Crippen LogP) is 3.39. The van der Waals surface area contributed by atoms with Crippen LogP contribution in [0.1, 0.15) is 33.3 Å². The molecule has 2 heterocycles. The summed E-state index contributed by atoms with van der Waals surface area (Å²) in [6.07, 6.45) is 1.78. The Morgan fingerprint density at radius 3 is 2.92 bits per heavy atom. The number of thioether (sulfide) groups is 1. The maximum atomic E-state index is 5.46. The van der Waals surface area contributed by atoms with Crippen LogP contribution in [0.15, 0.2) is 23.3 Å². The third-order valence-corrected chi connectivity index (χ3v) is 4.86. The molecule has 0 spiro atoms. The summed E-state index contributed by atoms with van der Waals surface area (Å²) in [5.74, 6) is 2.80. The minimum Gasteiger partial charge on any atom is -0.478 e. The van der Waals surface area contributed by atoms with E-state index in [2.05, 4.69) is 36.0 Å². The molecular weight excluding hydrogens is 435 g/mol. The molecule has 1 saturated heterocycles. The first-order valence-electron chi connectivity index (χ1n) is 8.29. The highest BCUT2D eigenvalue weighted by Gasteiger charge is 2.28.